The highest BCUT2D eigenvalue weighted by Crippen LogP contribution is 2.18. The van der Waals surface area contributed by atoms with Crippen LogP contribution in [-0.2, 0) is 11.3 Å². The lowest BCUT2D eigenvalue weighted by molar-refractivity contribution is -0.126. The molecule has 1 fully saturated rings. The molecule has 26 heavy (non-hydrogen) atoms. The molecule has 1 aromatic carbocycles. The zero-order chi connectivity index (χ0) is 18.4. The van der Waals surface area contributed by atoms with Crippen molar-refractivity contribution in [1.82, 2.24) is 15.2 Å². The van der Waals surface area contributed by atoms with Crippen LogP contribution in [0.25, 0.3) is 0 Å². The number of aromatic nitrogens is 1. The summed E-state index contributed by atoms with van der Waals surface area (Å²) in [5.41, 5.74) is 1.69. The largest absolute Gasteiger partial charge is 0.353 e. The van der Waals surface area contributed by atoms with Crippen LogP contribution in [0.3, 0.4) is 0 Å². The molecule has 0 spiro atoms. The highest BCUT2D eigenvalue weighted by Gasteiger charge is 2.26. The van der Waals surface area contributed by atoms with E-state index in [1.807, 2.05) is 37.3 Å². The maximum absolute atomic E-state index is 12.4. The fourth-order valence-corrected chi connectivity index (χ4v) is 3.16. The minimum Gasteiger partial charge on any atom is -0.353 e. The molecule has 1 saturated heterocycles. The van der Waals surface area contributed by atoms with E-state index in [-0.39, 0.29) is 11.9 Å². The standard InChI is InChI=1S/C20H23N5O/c1-16(20(26)23-15-17-6-3-2-4-7-17)24-10-12-25(13-11-24)19-18(14-21)8-5-9-22-19/h2-9,16H,10-13,15H2,1H3,(H,23,26). The second-order valence-electron chi connectivity index (χ2n) is 6.39. The number of rotatable bonds is 5. The molecule has 0 radical (unpaired) electrons. The van der Waals surface area contributed by atoms with E-state index in [0.717, 1.165) is 37.6 Å². The van der Waals surface area contributed by atoms with Crippen molar-refractivity contribution in [2.24, 2.45) is 0 Å². The molecule has 0 saturated carbocycles. The lowest BCUT2D eigenvalue weighted by atomic mass is 10.2. The number of anilines is 1. The first-order valence-electron chi connectivity index (χ1n) is 8.85. The first-order chi connectivity index (χ1) is 12.7. The van der Waals surface area contributed by atoms with Crippen LogP contribution in [0.4, 0.5) is 5.82 Å². The average molecular weight is 349 g/mol. The topological polar surface area (TPSA) is 72.3 Å². The zero-order valence-electron chi connectivity index (χ0n) is 14.9. The third-order valence-corrected chi connectivity index (χ3v) is 4.76. The van der Waals surface area contributed by atoms with E-state index >= 15 is 0 Å². The van der Waals surface area contributed by atoms with Crippen LogP contribution in [-0.4, -0.2) is 48.0 Å². The number of piperazine rings is 1. The number of nitrogens with zero attached hydrogens (tertiary/aromatic N) is 4. The molecule has 1 aromatic heterocycles. The Morgan fingerprint density at radius 1 is 1.19 bits per heavy atom. The van der Waals surface area contributed by atoms with Gasteiger partial charge in [0.05, 0.1) is 11.6 Å². The molecular formula is C20H23N5O. The van der Waals surface area contributed by atoms with Gasteiger partial charge in [-0.05, 0) is 24.6 Å². The Bertz CT molecular complexity index is 778. The van der Waals surface area contributed by atoms with Crippen LogP contribution in [0.2, 0.25) is 0 Å². The van der Waals surface area contributed by atoms with Gasteiger partial charge in [0.25, 0.3) is 0 Å². The number of pyridine rings is 1. The third-order valence-electron chi connectivity index (χ3n) is 4.76. The van der Waals surface area contributed by atoms with Gasteiger partial charge in [-0.2, -0.15) is 5.26 Å². The molecule has 1 atom stereocenters. The third kappa shape index (κ3) is 4.19. The number of nitrogens with one attached hydrogen (secondary N) is 1. The Morgan fingerprint density at radius 2 is 1.92 bits per heavy atom. The number of amides is 1. The molecule has 6 heteroatoms. The highest BCUT2D eigenvalue weighted by atomic mass is 16.2. The average Bonchev–Trinajstić information content (AvgIpc) is 2.72. The van der Waals surface area contributed by atoms with E-state index in [9.17, 15) is 10.1 Å². The SMILES string of the molecule is CC(C(=O)NCc1ccccc1)N1CCN(c2ncccc2C#N)CC1. The van der Waals surface area contributed by atoms with Gasteiger partial charge in [-0.25, -0.2) is 4.98 Å². The summed E-state index contributed by atoms with van der Waals surface area (Å²) in [5, 5.41) is 12.2. The minimum atomic E-state index is -0.181. The fraction of sp³-hybridized carbons (Fsp3) is 0.350. The Balaban J connectivity index is 1.52. The molecule has 134 valence electrons. The summed E-state index contributed by atoms with van der Waals surface area (Å²) in [6.07, 6.45) is 1.71. The van der Waals surface area contributed by atoms with Crippen LogP contribution in [0.5, 0.6) is 0 Å². The van der Waals surface area contributed by atoms with Crippen molar-refractivity contribution in [3.05, 3.63) is 59.8 Å². The van der Waals surface area contributed by atoms with Gasteiger partial charge in [-0.1, -0.05) is 30.3 Å². The van der Waals surface area contributed by atoms with Gasteiger partial charge in [-0.3, -0.25) is 9.69 Å². The van der Waals surface area contributed by atoms with Crippen LogP contribution in [0.1, 0.15) is 18.1 Å². The van der Waals surface area contributed by atoms with Gasteiger partial charge in [-0.15, -0.1) is 0 Å². The van der Waals surface area contributed by atoms with Gasteiger partial charge in [0.2, 0.25) is 5.91 Å². The molecule has 3 rings (SSSR count). The molecule has 1 aliphatic heterocycles. The first kappa shape index (κ1) is 17.9. The summed E-state index contributed by atoms with van der Waals surface area (Å²) in [4.78, 5) is 21.1. The molecule has 0 bridgehead atoms. The number of nitriles is 1. The predicted octanol–water partition coefficient (Wildman–Crippen LogP) is 1.78. The Morgan fingerprint density at radius 3 is 2.62 bits per heavy atom. The molecule has 1 aliphatic rings. The normalized spacial score (nSPS) is 15.9. The van der Waals surface area contributed by atoms with E-state index < -0.39 is 0 Å². The second-order valence-corrected chi connectivity index (χ2v) is 6.39. The van der Waals surface area contributed by atoms with Crippen LogP contribution < -0.4 is 10.2 Å². The van der Waals surface area contributed by atoms with E-state index in [4.69, 9.17) is 0 Å². The van der Waals surface area contributed by atoms with Crippen molar-refractivity contribution >= 4 is 11.7 Å². The molecule has 6 nitrogen and oxygen atoms in total. The van der Waals surface area contributed by atoms with Crippen molar-refractivity contribution in [2.75, 3.05) is 31.1 Å². The van der Waals surface area contributed by atoms with Crippen LogP contribution in [0.15, 0.2) is 48.7 Å². The summed E-state index contributed by atoms with van der Waals surface area (Å²) in [5.74, 6) is 0.772. The molecular weight excluding hydrogens is 326 g/mol. The number of carbonyl (C=O) groups is 1. The number of carbonyl (C=O) groups excluding carboxylic acids is 1. The first-order valence-corrected chi connectivity index (χ1v) is 8.85. The van der Waals surface area contributed by atoms with Gasteiger partial charge in [0, 0.05) is 38.9 Å². The second kappa shape index (κ2) is 8.45. The fourth-order valence-electron chi connectivity index (χ4n) is 3.16. The maximum atomic E-state index is 12.4. The van der Waals surface area contributed by atoms with E-state index in [1.165, 1.54) is 0 Å². The lowest BCUT2D eigenvalue weighted by Crippen LogP contribution is -2.54. The molecule has 1 N–H and O–H groups in total. The molecule has 1 unspecified atom stereocenters. The summed E-state index contributed by atoms with van der Waals surface area (Å²) in [6.45, 7) is 5.52. The van der Waals surface area contributed by atoms with Gasteiger partial charge < -0.3 is 10.2 Å². The van der Waals surface area contributed by atoms with Gasteiger partial charge in [0.1, 0.15) is 11.9 Å². The number of benzene rings is 1. The van der Waals surface area contributed by atoms with Crippen LogP contribution in [0, 0.1) is 11.3 Å². The minimum absolute atomic E-state index is 0.0397. The quantitative estimate of drug-likeness (QED) is 0.891. The summed E-state index contributed by atoms with van der Waals surface area (Å²) in [6, 6.07) is 15.5. The zero-order valence-corrected chi connectivity index (χ0v) is 14.9. The molecule has 0 aliphatic carbocycles. The van der Waals surface area contributed by atoms with Crippen molar-refractivity contribution in [2.45, 2.75) is 19.5 Å². The lowest BCUT2D eigenvalue weighted by Gasteiger charge is -2.38. The Kier molecular flexibility index (Phi) is 5.82. The number of hydrogen-bond acceptors (Lipinski definition) is 5. The summed E-state index contributed by atoms with van der Waals surface area (Å²) in [7, 11) is 0. The smallest absolute Gasteiger partial charge is 0.237 e. The maximum Gasteiger partial charge on any atom is 0.237 e. The summed E-state index contributed by atoms with van der Waals surface area (Å²) < 4.78 is 0. The van der Waals surface area contributed by atoms with E-state index in [1.54, 1.807) is 18.3 Å². The van der Waals surface area contributed by atoms with E-state index in [0.29, 0.717) is 12.1 Å². The summed E-state index contributed by atoms with van der Waals surface area (Å²) >= 11 is 0. The van der Waals surface area contributed by atoms with Crippen molar-refractivity contribution in [3.63, 3.8) is 0 Å². The van der Waals surface area contributed by atoms with Crippen molar-refractivity contribution in [3.8, 4) is 6.07 Å². The van der Waals surface area contributed by atoms with Gasteiger partial charge >= 0.3 is 0 Å². The van der Waals surface area contributed by atoms with Crippen molar-refractivity contribution < 1.29 is 4.79 Å². The predicted molar refractivity (Wildman–Crippen MR) is 100 cm³/mol. The van der Waals surface area contributed by atoms with E-state index in [2.05, 4.69) is 26.2 Å². The molecule has 2 heterocycles. The number of hydrogen-bond donors (Lipinski definition) is 1. The Hall–Kier alpha value is -2.91. The monoisotopic (exact) mass is 349 g/mol. The Labute approximate surface area is 154 Å². The highest BCUT2D eigenvalue weighted by molar-refractivity contribution is 5.81. The molecule has 2 aromatic rings. The van der Waals surface area contributed by atoms with Crippen molar-refractivity contribution in [1.29, 1.82) is 5.26 Å². The molecule has 1 amide bonds. The van der Waals surface area contributed by atoms with Crippen LogP contribution >= 0.6 is 0 Å². The van der Waals surface area contributed by atoms with Gasteiger partial charge in [0.15, 0.2) is 0 Å².